The van der Waals surface area contributed by atoms with Crippen molar-refractivity contribution in [2.24, 2.45) is 5.92 Å². The number of rotatable bonds is 6. The van der Waals surface area contributed by atoms with Crippen molar-refractivity contribution in [1.82, 2.24) is 4.72 Å². The average Bonchev–Trinajstić information content (AvgIpc) is 2.33. The number of sulfonamides is 1. The van der Waals surface area contributed by atoms with Gasteiger partial charge in [-0.1, -0.05) is 38.0 Å². The number of benzene rings is 1. The first-order valence-corrected chi connectivity index (χ1v) is 8.41. The summed E-state index contributed by atoms with van der Waals surface area (Å²) in [6.07, 6.45) is 0.575. The standard InChI is InChI=1S/C15H23NO4S/c1-6-10(3)13(15(17)18)16-21(19,20)14-11(4)7-9(2)8-12(14)5/h7-8,10,13,16H,6H2,1-5H3,(H,17,18)/t10-,13-/m0/s1. The molecule has 0 unspecified atom stereocenters. The topological polar surface area (TPSA) is 83.5 Å². The highest BCUT2D eigenvalue weighted by molar-refractivity contribution is 7.89. The SMILES string of the molecule is CC[C@H](C)[C@H](NS(=O)(=O)c1c(C)cc(C)cc1C)C(=O)O. The Labute approximate surface area is 126 Å². The zero-order valence-electron chi connectivity index (χ0n) is 13.1. The van der Waals surface area contributed by atoms with Crippen LogP contribution >= 0.6 is 0 Å². The van der Waals surface area contributed by atoms with E-state index in [9.17, 15) is 18.3 Å². The van der Waals surface area contributed by atoms with Crippen LogP contribution < -0.4 is 4.72 Å². The molecule has 0 aromatic heterocycles. The second kappa shape index (κ2) is 6.58. The van der Waals surface area contributed by atoms with Crippen LogP contribution in [0.5, 0.6) is 0 Å². The highest BCUT2D eigenvalue weighted by Crippen LogP contribution is 2.23. The van der Waals surface area contributed by atoms with Crippen molar-refractivity contribution in [1.29, 1.82) is 0 Å². The predicted octanol–water partition coefficient (Wildman–Crippen LogP) is 2.39. The third kappa shape index (κ3) is 4.04. The molecule has 0 amide bonds. The van der Waals surface area contributed by atoms with Gasteiger partial charge in [-0.2, -0.15) is 4.72 Å². The fourth-order valence-corrected chi connectivity index (χ4v) is 4.21. The number of nitrogens with one attached hydrogen (secondary N) is 1. The number of carbonyl (C=O) groups is 1. The molecule has 0 aliphatic rings. The molecule has 0 aliphatic heterocycles. The van der Waals surface area contributed by atoms with Gasteiger partial charge < -0.3 is 5.11 Å². The Morgan fingerprint density at radius 3 is 2.10 bits per heavy atom. The third-order valence-corrected chi connectivity index (χ3v) is 5.38. The van der Waals surface area contributed by atoms with Crippen molar-refractivity contribution in [2.75, 3.05) is 0 Å². The van der Waals surface area contributed by atoms with Crippen LogP contribution in [0.15, 0.2) is 17.0 Å². The zero-order valence-corrected chi connectivity index (χ0v) is 13.9. The first-order chi connectivity index (χ1) is 9.60. The van der Waals surface area contributed by atoms with Crippen LogP contribution in [-0.2, 0) is 14.8 Å². The molecule has 2 atom stereocenters. The van der Waals surface area contributed by atoms with Crippen molar-refractivity contribution in [3.8, 4) is 0 Å². The molecule has 0 bridgehead atoms. The molecule has 1 rings (SSSR count). The monoisotopic (exact) mass is 313 g/mol. The van der Waals surface area contributed by atoms with E-state index in [0.717, 1.165) is 5.56 Å². The maximum Gasteiger partial charge on any atom is 0.322 e. The normalized spacial score (nSPS) is 14.7. The van der Waals surface area contributed by atoms with Crippen molar-refractivity contribution in [3.05, 3.63) is 28.8 Å². The number of aliphatic carboxylic acids is 1. The van der Waals surface area contributed by atoms with Gasteiger partial charge in [-0.15, -0.1) is 0 Å². The smallest absolute Gasteiger partial charge is 0.322 e. The predicted molar refractivity (Wildman–Crippen MR) is 81.9 cm³/mol. The number of carboxylic acid groups (broad SMARTS) is 1. The molecule has 21 heavy (non-hydrogen) atoms. The molecule has 5 nitrogen and oxygen atoms in total. The van der Waals surface area contributed by atoms with E-state index >= 15 is 0 Å². The molecular weight excluding hydrogens is 290 g/mol. The van der Waals surface area contributed by atoms with Crippen LogP contribution in [0.2, 0.25) is 0 Å². The van der Waals surface area contributed by atoms with Crippen LogP contribution in [0.25, 0.3) is 0 Å². The molecule has 1 aromatic carbocycles. The van der Waals surface area contributed by atoms with E-state index in [2.05, 4.69) is 4.72 Å². The minimum Gasteiger partial charge on any atom is -0.480 e. The number of hydrogen-bond acceptors (Lipinski definition) is 3. The van der Waals surface area contributed by atoms with E-state index in [-0.39, 0.29) is 10.8 Å². The summed E-state index contributed by atoms with van der Waals surface area (Å²) in [5.74, 6) is -1.45. The highest BCUT2D eigenvalue weighted by Gasteiger charge is 2.30. The van der Waals surface area contributed by atoms with E-state index in [1.807, 2.05) is 13.8 Å². The van der Waals surface area contributed by atoms with Gasteiger partial charge in [0.15, 0.2) is 0 Å². The minimum absolute atomic E-state index is 0.169. The van der Waals surface area contributed by atoms with Crippen molar-refractivity contribution in [2.45, 2.75) is 52.0 Å². The van der Waals surface area contributed by atoms with E-state index in [4.69, 9.17) is 0 Å². The van der Waals surface area contributed by atoms with Gasteiger partial charge in [0.2, 0.25) is 10.0 Å². The fourth-order valence-electron chi connectivity index (χ4n) is 2.46. The third-order valence-electron chi connectivity index (χ3n) is 3.63. The lowest BCUT2D eigenvalue weighted by Crippen LogP contribution is -2.45. The Hall–Kier alpha value is -1.40. The van der Waals surface area contributed by atoms with Gasteiger partial charge in [0.25, 0.3) is 0 Å². The van der Waals surface area contributed by atoms with Gasteiger partial charge in [-0.05, 0) is 37.8 Å². The van der Waals surface area contributed by atoms with Gasteiger partial charge in [0.1, 0.15) is 6.04 Å². The largest absolute Gasteiger partial charge is 0.480 e. The molecule has 0 saturated heterocycles. The molecule has 0 spiro atoms. The molecule has 1 aromatic rings. The van der Waals surface area contributed by atoms with Crippen molar-refractivity contribution in [3.63, 3.8) is 0 Å². The summed E-state index contributed by atoms with van der Waals surface area (Å²) in [4.78, 5) is 11.5. The maximum absolute atomic E-state index is 12.5. The quantitative estimate of drug-likeness (QED) is 0.844. The Morgan fingerprint density at radius 1 is 1.24 bits per heavy atom. The number of carboxylic acids is 1. The second-order valence-corrected chi connectivity index (χ2v) is 7.20. The van der Waals surface area contributed by atoms with Crippen LogP contribution in [-0.4, -0.2) is 25.5 Å². The minimum atomic E-state index is -3.87. The van der Waals surface area contributed by atoms with E-state index in [0.29, 0.717) is 17.5 Å². The summed E-state index contributed by atoms with van der Waals surface area (Å²) < 4.78 is 27.4. The summed E-state index contributed by atoms with van der Waals surface area (Å²) in [5, 5.41) is 9.24. The van der Waals surface area contributed by atoms with E-state index in [1.165, 1.54) is 0 Å². The summed E-state index contributed by atoms with van der Waals surface area (Å²) in [5.41, 5.74) is 2.21. The van der Waals surface area contributed by atoms with Crippen LogP contribution in [0.3, 0.4) is 0 Å². The van der Waals surface area contributed by atoms with Gasteiger partial charge >= 0.3 is 5.97 Å². The van der Waals surface area contributed by atoms with Gasteiger partial charge in [0, 0.05) is 0 Å². The molecular formula is C15H23NO4S. The first kappa shape index (κ1) is 17.7. The molecule has 6 heteroatoms. The number of aryl methyl sites for hydroxylation is 3. The lowest BCUT2D eigenvalue weighted by molar-refractivity contribution is -0.140. The molecule has 2 N–H and O–H groups in total. The average molecular weight is 313 g/mol. The molecule has 0 aliphatic carbocycles. The molecule has 0 saturated carbocycles. The second-order valence-electron chi connectivity index (χ2n) is 5.55. The molecule has 118 valence electrons. The highest BCUT2D eigenvalue weighted by atomic mass is 32.2. The summed E-state index contributed by atoms with van der Waals surface area (Å²) in [7, 11) is -3.87. The summed E-state index contributed by atoms with van der Waals surface area (Å²) in [6.45, 7) is 8.87. The molecule has 0 radical (unpaired) electrons. The van der Waals surface area contributed by atoms with Crippen molar-refractivity contribution < 1.29 is 18.3 Å². The van der Waals surface area contributed by atoms with Gasteiger partial charge in [0.05, 0.1) is 4.90 Å². The van der Waals surface area contributed by atoms with Crippen LogP contribution in [0, 0.1) is 26.7 Å². The molecule has 0 heterocycles. The van der Waals surface area contributed by atoms with Crippen LogP contribution in [0.4, 0.5) is 0 Å². The maximum atomic E-state index is 12.5. The van der Waals surface area contributed by atoms with Gasteiger partial charge in [-0.25, -0.2) is 8.42 Å². The summed E-state index contributed by atoms with van der Waals surface area (Å²) in [6, 6.07) is 2.43. The van der Waals surface area contributed by atoms with Gasteiger partial charge in [-0.3, -0.25) is 4.79 Å². The van der Waals surface area contributed by atoms with Crippen molar-refractivity contribution >= 4 is 16.0 Å². The number of hydrogen-bond donors (Lipinski definition) is 2. The Kier molecular flexibility index (Phi) is 5.53. The fraction of sp³-hybridized carbons (Fsp3) is 0.533. The molecule has 0 fully saturated rings. The lowest BCUT2D eigenvalue weighted by atomic mass is 10.0. The van der Waals surface area contributed by atoms with E-state index in [1.54, 1.807) is 32.9 Å². The van der Waals surface area contributed by atoms with E-state index < -0.39 is 22.0 Å². The Bertz CT molecular complexity index is 614. The summed E-state index contributed by atoms with van der Waals surface area (Å²) >= 11 is 0. The first-order valence-electron chi connectivity index (χ1n) is 6.93. The lowest BCUT2D eigenvalue weighted by Gasteiger charge is -2.21. The van der Waals surface area contributed by atoms with Crippen LogP contribution in [0.1, 0.15) is 37.0 Å². The Morgan fingerprint density at radius 2 is 1.71 bits per heavy atom. The zero-order chi connectivity index (χ0) is 16.4. The Balaban J connectivity index is 3.26.